The predicted molar refractivity (Wildman–Crippen MR) is 125 cm³/mol. The van der Waals surface area contributed by atoms with Gasteiger partial charge < -0.3 is 20.7 Å². The summed E-state index contributed by atoms with van der Waals surface area (Å²) in [6.07, 6.45) is 4.11. The molecular weight excluding hydrogens is 490 g/mol. The number of amides is 3. The summed E-state index contributed by atoms with van der Waals surface area (Å²) in [4.78, 5) is 45.3. The van der Waals surface area contributed by atoms with Crippen molar-refractivity contribution in [1.29, 1.82) is 0 Å². The molecule has 1 heterocycles. The van der Waals surface area contributed by atoms with Crippen LogP contribution in [0, 0.1) is 10.8 Å². The van der Waals surface area contributed by atoms with E-state index in [2.05, 4.69) is 41.8 Å². The number of nitrogens with one attached hydrogen (secondary N) is 3. The molecule has 9 nitrogen and oxygen atoms in total. The first kappa shape index (κ1) is 23.2. The Balaban J connectivity index is 1.24. The molecule has 1 aromatic heterocycles. The van der Waals surface area contributed by atoms with Crippen molar-refractivity contribution in [2.24, 2.45) is 10.8 Å². The molecule has 2 bridgehead atoms. The van der Waals surface area contributed by atoms with Crippen LogP contribution in [-0.2, 0) is 20.9 Å². The average Bonchev–Trinajstić information content (AvgIpc) is 2.66. The van der Waals surface area contributed by atoms with Gasteiger partial charge in [0, 0.05) is 12.2 Å². The van der Waals surface area contributed by atoms with Crippen LogP contribution in [0.2, 0.25) is 0 Å². The summed E-state index contributed by atoms with van der Waals surface area (Å²) < 4.78 is 5.81. The van der Waals surface area contributed by atoms with Gasteiger partial charge in [-0.25, -0.2) is 14.8 Å². The molecule has 3 saturated carbocycles. The van der Waals surface area contributed by atoms with Gasteiger partial charge in [-0.15, -0.1) is 0 Å². The minimum absolute atomic E-state index is 0.0692. The van der Waals surface area contributed by atoms with Crippen molar-refractivity contribution in [2.75, 3.05) is 10.6 Å². The van der Waals surface area contributed by atoms with E-state index in [1.165, 1.54) is 12.4 Å². The maximum atomic E-state index is 12.8. The van der Waals surface area contributed by atoms with Crippen molar-refractivity contribution in [3.05, 3.63) is 46.8 Å². The molecule has 0 spiro atoms. The third-order valence-electron chi connectivity index (χ3n) is 5.90. The number of benzene rings is 1. The van der Waals surface area contributed by atoms with Crippen molar-refractivity contribution in [3.8, 4) is 0 Å². The van der Waals surface area contributed by atoms with Crippen molar-refractivity contribution in [3.63, 3.8) is 0 Å². The lowest BCUT2D eigenvalue weighted by atomic mass is 9.34. The van der Waals surface area contributed by atoms with Crippen molar-refractivity contribution >= 4 is 45.3 Å². The fourth-order valence-corrected chi connectivity index (χ4v) is 4.56. The molecule has 10 heteroatoms. The fourth-order valence-electron chi connectivity index (χ4n) is 4.35. The van der Waals surface area contributed by atoms with E-state index < -0.39 is 22.5 Å². The van der Waals surface area contributed by atoms with E-state index in [1.807, 2.05) is 12.1 Å². The maximum Gasteiger partial charge on any atom is 0.407 e. The molecule has 33 heavy (non-hydrogen) atoms. The van der Waals surface area contributed by atoms with Gasteiger partial charge in [0.15, 0.2) is 5.82 Å². The second kappa shape index (κ2) is 8.40. The van der Waals surface area contributed by atoms with Gasteiger partial charge in [-0.2, -0.15) is 0 Å². The molecule has 3 fully saturated rings. The Morgan fingerprint density at radius 1 is 0.970 bits per heavy atom. The zero-order valence-corrected chi connectivity index (χ0v) is 20.3. The Kier molecular flexibility index (Phi) is 5.90. The summed E-state index contributed by atoms with van der Waals surface area (Å²) in [6, 6.07) is 7.26. The van der Waals surface area contributed by atoms with Crippen LogP contribution >= 0.6 is 15.9 Å². The Morgan fingerprint density at radius 3 is 2.12 bits per heavy atom. The normalized spacial score (nSPS) is 22.9. The number of ether oxygens (including phenoxy) is 1. The number of anilines is 2. The second-order valence-electron chi connectivity index (χ2n) is 9.78. The van der Waals surface area contributed by atoms with Crippen LogP contribution in [0.5, 0.6) is 0 Å². The van der Waals surface area contributed by atoms with Crippen molar-refractivity contribution < 1.29 is 19.1 Å². The van der Waals surface area contributed by atoms with Crippen LogP contribution in [0.3, 0.4) is 0 Å². The first-order valence-electron chi connectivity index (χ1n) is 10.7. The molecule has 3 N–H and O–H groups in total. The lowest BCUT2D eigenvalue weighted by Gasteiger charge is -2.67. The summed E-state index contributed by atoms with van der Waals surface area (Å²) in [5.41, 5.74) is 0.0278. The molecule has 174 valence electrons. The van der Waals surface area contributed by atoms with Crippen LogP contribution in [0.25, 0.3) is 0 Å². The monoisotopic (exact) mass is 515 g/mol. The summed E-state index contributed by atoms with van der Waals surface area (Å²) in [6.45, 7) is 5.75. The third kappa shape index (κ3) is 5.00. The SMILES string of the molecule is CC(C)(C)OC(=O)NCc1ccc(NC(=O)C23CC(C(=O)Nc4cnc(Br)cn4)(C2)C3)cc1. The molecule has 2 aromatic rings. The standard InChI is InChI=1S/C23H26BrN5O4/c1-21(2,3)33-20(32)27-8-14-4-6-15(7-5-14)28-18(30)22-11-23(12-22,13-22)19(31)29-17-10-25-16(24)9-26-17/h4-7,9-10H,8,11-13H2,1-3H3,(H,27,32)(H,28,30)(H,26,29,31). The van der Waals surface area contributed by atoms with Gasteiger partial charge >= 0.3 is 6.09 Å². The van der Waals surface area contributed by atoms with Gasteiger partial charge in [-0.05, 0) is 73.7 Å². The molecular formula is C23H26BrN5O4. The van der Waals surface area contributed by atoms with Gasteiger partial charge in [0.2, 0.25) is 11.8 Å². The van der Waals surface area contributed by atoms with Gasteiger partial charge in [-0.3, -0.25) is 9.59 Å². The molecule has 0 saturated heterocycles. The lowest BCUT2D eigenvalue weighted by molar-refractivity contribution is -0.201. The van der Waals surface area contributed by atoms with Gasteiger partial charge in [0.05, 0.1) is 23.2 Å². The first-order chi connectivity index (χ1) is 15.5. The number of halogens is 1. The zero-order valence-electron chi connectivity index (χ0n) is 18.7. The highest BCUT2D eigenvalue weighted by atomic mass is 79.9. The number of aromatic nitrogens is 2. The second-order valence-corrected chi connectivity index (χ2v) is 10.6. The van der Waals surface area contributed by atoms with E-state index in [0.29, 0.717) is 41.9 Å². The Morgan fingerprint density at radius 2 is 1.58 bits per heavy atom. The number of hydrogen-bond acceptors (Lipinski definition) is 6. The number of hydrogen-bond donors (Lipinski definition) is 3. The Bertz CT molecular complexity index is 1060. The molecule has 0 atom stereocenters. The van der Waals surface area contributed by atoms with Gasteiger partial charge in [0.25, 0.3) is 0 Å². The summed E-state index contributed by atoms with van der Waals surface area (Å²) in [5.74, 6) is 0.212. The summed E-state index contributed by atoms with van der Waals surface area (Å²) in [5, 5.41) is 8.44. The molecule has 3 aliphatic carbocycles. The largest absolute Gasteiger partial charge is 0.444 e. The lowest BCUT2D eigenvalue weighted by Crippen LogP contribution is -2.70. The fraction of sp³-hybridized carbons (Fsp3) is 0.435. The molecule has 3 amide bonds. The molecule has 0 aliphatic heterocycles. The highest BCUT2D eigenvalue weighted by Gasteiger charge is 2.74. The van der Waals surface area contributed by atoms with Crippen LogP contribution in [0.1, 0.15) is 45.6 Å². The van der Waals surface area contributed by atoms with Gasteiger partial charge in [0.1, 0.15) is 10.2 Å². The summed E-state index contributed by atoms with van der Waals surface area (Å²) in [7, 11) is 0. The minimum atomic E-state index is -0.550. The first-order valence-corrected chi connectivity index (χ1v) is 11.4. The highest BCUT2D eigenvalue weighted by molar-refractivity contribution is 9.10. The van der Waals surface area contributed by atoms with Crippen LogP contribution in [0.4, 0.5) is 16.3 Å². The molecule has 0 radical (unpaired) electrons. The number of carbonyl (C=O) groups excluding carboxylic acids is 3. The van der Waals surface area contributed by atoms with Crippen LogP contribution < -0.4 is 16.0 Å². The highest BCUT2D eigenvalue weighted by Crippen LogP contribution is 2.73. The molecule has 1 aromatic carbocycles. The summed E-state index contributed by atoms with van der Waals surface area (Å²) >= 11 is 3.21. The quantitative estimate of drug-likeness (QED) is 0.534. The van der Waals surface area contributed by atoms with E-state index in [4.69, 9.17) is 4.74 Å². The van der Waals surface area contributed by atoms with E-state index in [0.717, 1.165) is 5.56 Å². The van der Waals surface area contributed by atoms with E-state index in [9.17, 15) is 14.4 Å². The van der Waals surface area contributed by atoms with Crippen LogP contribution in [0.15, 0.2) is 41.3 Å². The van der Waals surface area contributed by atoms with Gasteiger partial charge in [-0.1, -0.05) is 12.1 Å². The number of alkyl carbamates (subject to hydrolysis) is 1. The smallest absolute Gasteiger partial charge is 0.407 e. The Hall–Kier alpha value is -3.01. The average molecular weight is 516 g/mol. The number of rotatable bonds is 6. The van der Waals surface area contributed by atoms with Crippen LogP contribution in [-0.4, -0.2) is 33.5 Å². The number of nitrogens with zero attached hydrogens (tertiary/aromatic N) is 2. The Labute approximate surface area is 200 Å². The molecule has 3 aliphatic rings. The zero-order chi connectivity index (χ0) is 23.9. The molecule has 5 rings (SSSR count). The topological polar surface area (TPSA) is 122 Å². The number of carbonyl (C=O) groups is 3. The maximum absolute atomic E-state index is 12.8. The third-order valence-corrected chi connectivity index (χ3v) is 6.31. The minimum Gasteiger partial charge on any atom is -0.444 e. The van der Waals surface area contributed by atoms with E-state index >= 15 is 0 Å². The van der Waals surface area contributed by atoms with Crippen molar-refractivity contribution in [1.82, 2.24) is 15.3 Å². The van der Waals surface area contributed by atoms with Crippen molar-refractivity contribution in [2.45, 2.75) is 52.2 Å². The van der Waals surface area contributed by atoms with E-state index in [1.54, 1.807) is 32.9 Å². The predicted octanol–water partition coefficient (Wildman–Crippen LogP) is 4.01. The molecule has 0 unspecified atom stereocenters. The van der Waals surface area contributed by atoms with E-state index in [-0.39, 0.29) is 11.8 Å².